The molecule has 7 heteroatoms. The number of halogens is 1. The van der Waals surface area contributed by atoms with E-state index in [1.165, 1.54) is 0 Å². The molecule has 0 N–H and O–H groups in total. The number of hydrogen-bond acceptors (Lipinski definition) is 4. The lowest BCUT2D eigenvalue weighted by Crippen LogP contribution is -2.37. The van der Waals surface area contributed by atoms with Crippen LogP contribution >= 0.6 is 11.6 Å². The van der Waals surface area contributed by atoms with Gasteiger partial charge in [0.05, 0.1) is 18.2 Å². The van der Waals surface area contributed by atoms with E-state index < -0.39 is 0 Å². The maximum atomic E-state index is 12.9. The lowest BCUT2D eigenvalue weighted by atomic mass is 10.1. The maximum absolute atomic E-state index is 12.9. The van der Waals surface area contributed by atoms with Gasteiger partial charge in [-0.15, -0.1) is 0 Å². The molecule has 1 aliphatic heterocycles. The second-order valence-electron chi connectivity index (χ2n) is 5.86. The molecule has 1 aliphatic rings. The van der Waals surface area contributed by atoms with Crippen LogP contribution < -0.4 is 4.74 Å². The van der Waals surface area contributed by atoms with Crippen LogP contribution in [0.1, 0.15) is 36.2 Å². The third-order valence-electron chi connectivity index (χ3n) is 4.12. The van der Waals surface area contributed by atoms with Crippen LogP contribution in [0.2, 0.25) is 5.02 Å². The first kappa shape index (κ1) is 19.4. The van der Waals surface area contributed by atoms with Gasteiger partial charge >= 0.3 is 6.09 Å². The summed E-state index contributed by atoms with van der Waals surface area (Å²) in [7, 11) is 0. The Morgan fingerprint density at radius 1 is 1.08 bits per heavy atom. The van der Waals surface area contributed by atoms with E-state index in [1.54, 1.807) is 28.9 Å². The molecule has 6 nitrogen and oxygen atoms in total. The summed E-state index contributed by atoms with van der Waals surface area (Å²) in [5.41, 5.74) is 1.39. The number of aryl methyl sites for hydroxylation is 1. The zero-order valence-corrected chi connectivity index (χ0v) is 15.8. The van der Waals surface area contributed by atoms with E-state index in [0.717, 1.165) is 5.56 Å². The van der Waals surface area contributed by atoms with Crippen molar-refractivity contribution in [3.05, 3.63) is 28.3 Å². The van der Waals surface area contributed by atoms with Crippen LogP contribution in [0.3, 0.4) is 0 Å². The van der Waals surface area contributed by atoms with Crippen LogP contribution in [-0.2, 0) is 4.74 Å². The fraction of sp³-hybridized carbons (Fsp3) is 0.556. The highest BCUT2D eigenvalue weighted by Crippen LogP contribution is 2.29. The van der Waals surface area contributed by atoms with E-state index in [0.29, 0.717) is 62.1 Å². The Kier molecular flexibility index (Phi) is 6.93. The van der Waals surface area contributed by atoms with Gasteiger partial charge in [-0.1, -0.05) is 11.6 Å². The van der Waals surface area contributed by atoms with E-state index >= 15 is 0 Å². The highest BCUT2D eigenvalue weighted by Gasteiger charge is 2.25. The second-order valence-corrected chi connectivity index (χ2v) is 6.27. The third kappa shape index (κ3) is 4.78. The van der Waals surface area contributed by atoms with Gasteiger partial charge in [0, 0.05) is 31.7 Å². The molecule has 0 radical (unpaired) electrons. The predicted molar refractivity (Wildman–Crippen MR) is 96.5 cm³/mol. The number of carbonyl (C=O) groups is 2. The Labute approximate surface area is 153 Å². The molecule has 1 heterocycles. The first-order valence-corrected chi connectivity index (χ1v) is 8.99. The molecule has 2 amide bonds. The van der Waals surface area contributed by atoms with Crippen molar-refractivity contribution < 1.29 is 19.1 Å². The fourth-order valence-corrected chi connectivity index (χ4v) is 3.06. The topological polar surface area (TPSA) is 59.1 Å². The first-order valence-electron chi connectivity index (χ1n) is 8.61. The van der Waals surface area contributed by atoms with Gasteiger partial charge in [-0.3, -0.25) is 4.79 Å². The van der Waals surface area contributed by atoms with Crippen molar-refractivity contribution >= 4 is 23.6 Å². The number of rotatable bonds is 4. The first-order chi connectivity index (χ1) is 12.0. The molecule has 0 atom stereocenters. The summed E-state index contributed by atoms with van der Waals surface area (Å²) in [5.74, 6) is 0.510. The molecule has 0 spiro atoms. The van der Waals surface area contributed by atoms with Crippen LogP contribution in [-0.4, -0.2) is 61.2 Å². The summed E-state index contributed by atoms with van der Waals surface area (Å²) in [5, 5.41) is 0.429. The molecule has 0 unspecified atom stereocenters. The monoisotopic (exact) mass is 368 g/mol. The number of ether oxygens (including phenoxy) is 2. The molecule has 1 aromatic carbocycles. The molecule has 25 heavy (non-hydrogen) atoms. The predicted octanol–water partition coefficient (Wildman–Crippen LogP) is 3.35. The smallest absolute Gasteiger partial charge is 0.409 e. The van der Waals surface area contributed by atoms with Gasteiger partial charge in [0.15, 0.2) is 0 Å². The molecule has 1 saturated heterocycles. The molecular weight excluding hydrogens is 344 g/mol. The standard InChI is InChI=1S/C18H25ClN2O4/c1-4-24-16-11-13(3)14(12-15(16)19)17(22)20-7-6-8-21(10-9-20)18(23)25-5-2/h11-12H,4-10H2,1-3H3. The Morgan fingerprint density at radius 3 is 2.44 bits per heavy atom. The summed E-state index contributed by atoms with van der Waals surface area (Å²) in [4.78, 5) is 28.2. The minimum atomic E-state index is -0.322. The molecular formula is C18H25ClN2O4. The fourth-order valence-electron chi connectivity index (χ4n) is 2.84. The van der Waals surface area contributed by atoms with E-state index in [1.807, 2.05) is 13.8 Å². The van der Waals surface area contributed by atoms with E-state index in [-0.39, 0.29) is 12.0 Å². The minimum Gasteiger partial charge on any atom is -0.492 e. The van der Waals surface area contributed by atoms with Crippen molar-refractivity contribution in [2.45, 2.75) is 27.2 Å². The van der Waals surface area contributed by atoms with Crippen molar-refractivity contribution in [1.82, 2.24) is 9.80 Å². The van der Waals surface area contributed by atoms with Crippen molar-refractivity contribution in [1.29, 1.82) is 0 Å². The summed E-state index contributed by atoms with van der Waals surface area (Å²) in [6, 6.07) is 3.46. The van der Waals surface area contributed by atoms with Crippen LogP contribution in [0.5, 0.6) is 5.75 Å². The third-order valence-corrected chi connectivity index (χ3v) is 4.41. The minimum absolute atomic E-state index is 0.0758. The summed E-state index contributed by atoms with van der Waals surface area (Å²) in [6.07, 6.45) is 0.394. The summed E-state index contributed by atoms with van der Waals surface area (Å²) in [6.45, 7) is 8.53. The van der Waals surface area contributed by atoms with Crippen LogP contribution in [0.15, 0.2) is 12.1 Å². The zero-order valence-electron chi connectivity index (χ0n) is 15.0. The molecule has 0 aliphatic carbocycles. The average Bonchev–Trinajstić information content (AvgIpc) is 2.84. The molecule has 2 rings (SSSR count). The average molecular weight is 369 g/mol. The van der Waals surface area contributed by atoms with Crippen molar-refractivity contribution in [3.63, 3.8) is 0 Å². The van der Waals surface area contributed by atoms with Gasteiger partial charge in [-0.25, -0.2) is 4.79 Å². The van der Waals surface area contributed by atoms with Gasteiger partial charge in [-0.05, 0) is 44.9 Å². The summed E-state index contributed by atoms with van der Waals surface area (Å²) < 4.78 is 10.5. The molecule has 0 aromatic heterocycles. The number of benzene rings is 1. The maximum Gasteiger partial charge on any atom is 0.409 e. The summed E-state index contributed by atoms with van der Waals surface area (Å²) >= 11 is 6.23. The van der Waals surface area contributed by atoms with Crippen molar-refractivity contribution in [2.24, 2.45) is 0 Å². The highest BCUT2D eigenvalue weighted by atomic mass is 35.5. The van der Waals surface area contributed by atoms with Crippen LogP contribution in [0.25, 0.3) is 0 Å². The van der Waals surface area contributed by atoms with Gasteiger partial charge in [-0.2, -0.15) is 0 Å². The molecule has 1 aromatic rings. The number of carbonyl (C=O) groups excluding carboxylic acids is 2. The second kappa shape index (κ2) is 8.94. The molecule has 0 saturated carbocycles. The molecule has 138 valence electrons. The number of hydrogen-bond donors (Lipinski definition) is 0. The van der Waals surface area contributed by atoms with E-state index in [4.69, 9.17) is 21.1 Å². The largest absolute Gasteiger partial charge is 0.492 e. The normalized spacial score (nSPS) is 14.9. The van der Waals surface area contributed by atoms with Gasteiger partial charge in [0.25, 0.3) is 5.91 Å². The van der Waals surface area contributed by atoms with Crippen LogP contribution in [0, 0.1) is 6.92 Å². The Balaban J connectivity index is 2.10. The molecule has 0 bridgehead atoms. The van der Waals surface area contributed by atoms with Gasteiger partial charge < -0.3 is 19.3 Å². The quantitative estimate of drug-likeness (QED) is 0.817. The van der Waals surface area contributed by atoms with Crippen LogP contribution in [0.4, 0.5) is 4.79 Å². The van der Waals surface area contributed by atoms with E-state index in [2.05, 4.69) is 0 Å². The highest BCUT2D eigenvalue weighted by molar-refractivity contribution is 6.32. The molecule has 1 fully saturated rings. The zero-order chi connectivity index (χ0) is 18.4. The SMILES string of the molecule is CCOC(=O)N1CCCN(C(=O)c2cc(Cl)c(OCC)cc2C)CC1. The van der Waals surface area contributed by atoms with Gasteiger partial charge in [0.2, 0.25) is 0 Å². The Hall–Kier alpha value is -1.95. The lowest BCUT2D eigenvalue weighted by Gasteiger charge is -2.23. The van der Waals surface area contributed by atoms with Crippen molar-refractivity contribution in [2.75, 3.05) is 39.4 Å². The number of amides is 2. The van der Waals surface area contributed by atoms with Gasteiger partial charge in [0.1, 0.15) is 5.75 Å². The number of nitrogens with zero attached hydrogens (tertiary/aromatic N) is 2. The lowest BCUT2D eigenvalue weighted by molar-refractivity contribution is 0.0752. The Bertz CT molecular complexity index is 636. The van der Waals surface area contributed by atoms with Crippen molar-refractivity contribution in [3.8, 4) is 5.75 Å². The Morgan fingerprint density at radius 2 is 1.76 bits per heavy atom. The van der Waals surface area contributed by atoms with E-state index in [9.17, 15) is 9.59 Å².